The molecule has 0 amide bonds. The molecule has 4 rings (SSSR count). The summed E-state index contributed by atoms with van der Waals surface area (Å²) in [6.07, 6.45) is 9.04. The first-order chi connectivity index (χ1) is 16.5. The first-order valence-electron chi connectivity index (χ1n) is 13.2. The summed E-state index contributed by atoms with van der Waals surface area (Å²) in [5, 5.41) is 0. The monoisotopic (exact) mass is 490 g/mol. The Hall–Kier alpha value is -1.73. The Labute approximate surface area is 209 Å². The van der Waals surface area contributed by atoms with Crippen LogP contribution in [0.2, 0.25) is 0 Å². The van der Waals surface area contributed by atoms with E-state index >= 15 is 0 Å². The van der Waals surface area contributed by atoms with Crippen LogP contribution in [0.15, 0.2) is 11.6 Å². The largest absolute Gasteiger partial charge is 0.462 e. The molecule has 0 aliphatic heterocycles. The van der Waals surface area contributed by atoms with E-state index in [1.807, 2.05) is 6.92 Å². The fourth-order valence-corrected chi connectivity index (χ4v) is 8.29. The zero-order valence-electron chi connectivity index (χ0n) is 22.2. The molecule has 0 aromatic heterocycles. The maximum Gasteiger partial charge on any atom is 0.303 e. The molecule has 3 fully saturated rings. The lowest BCUT2D eigenvalue weighted by Crippen LogP contribution is -2.60. The summed E-state index contributed by atoms with van der Waals surface area (Å²) in [6.45, 7) is 8.99. The van der Waals surface area contributed by atoms with Gasteiger partial charge in [0.25, 0.3) is 0 Å². The second-order valence-corrected chi connectivity index (χ2v) is 11.7. The second kappa shape index (κ2) is 9.62. The second-order valence-electron chi connectivity index (χ2n) is 11.7. The topological polar surface area (TPSA) is 88.1 Å². The Bertz CT molecular complexity index is 896. The summed E-state index contributed by atoms with van der Waals surface area (Å²) in [5.41, 5.74) is 0.175. The van der Waals surface area contributed by atoms with E-state index in [1.165, 1.54) is 19.4 Å². The minimum Gasteiger partial charge on any atom is -0.462 e. The van der Waals surface area contributed by atoms with Crippen molar-refractivity contribution >= 4 is 17.7 Å². The number of carbonyl (C=O) groups excluding carboxylic acids is 3. The highest BCUT2D eigenvalue weighted by Crippen LogP contribution is 2.68. The lowest BCUT2D eigenvalue weighted by Gasteiger charge is -2.59. The Morgan fingerprint density at radius 2 is 1.74 bits per heavy atom. The van der Waals surface area contributed by atoms with Crippen molar-refractivity contribution in [2.45, 2.75) is 104 Å². The number of carbonyl (C=O) groups is 3. The molecule has 0 N–H and O–H groups in total. The molecule has 0 aromatic carbocycles. The molecule has 3 saturated carbocycles. The van der Waals surface area contributed by atoms with E-state index < -0.39 is 17.9 Å². The SMILES string of the molecule is COC(C)O[C@]1(C(=O)COC(C)=O)CC[C@H]2[C@@H]3CC=C4C[C@@H](OC(C)=O)CC[C@]4(C)[C@H]3CC[C@@]21C. The van der Waals surface area contributed by atoms with Gasteiger partial charge in [-0.05, 0) is 75.0 Å². The Morgan fingerprint density at radius 3 is 2.40 bits per heavy atom. The van der Waals surface area contributed by atoms with Crippen LogP contribution in [0, 0.1) is 28.6 Å². The first kappa shape index (κ1) is 26.3. The molecular weight excluding hydrogens is 448 g/mol. The third-order valence-corrected chi connectivity index (χ3v) is 10.1. The normalized spacial score (nSPS) is 41.0. The van der Waals surface area contributed by atoms with Crippen LogP contribution >= 0.6 is 0 Å². The average Bonchev–Trinajstić information content (AvgIpc) is 3.10. The molecule has 0 spiro atoms. The van der Waals surface area contributed by atoms with Gasteiger partial charge in [0.1, 0.15) is 11.7 Å². The number of esters is 2. The maximum atomic E-state index is 13.6. The van der Waals surface area contributed by atoms with Gasteiger partial charge in [-0.25, -0.2) is 0 Å². The van der Waals surface area contributed by atoms with Gasteiger partial charge in [-0.1, -0.05) is 25.5 Å². The lowest BCUT2D eigenvalue weighted by atomic mass is 9.46. The summed E-state index contributed by atoms with van der Waals surface area (Å²) >= 11 is 0. The quantitative estimate of drug-likeness (QED) is 0.289. The average molecular weight is 491 g/mol. The van der Waals surface area contributed by atoms with Crippen molar-refractivity contribution in [3.05, 3.63) is 11.6 Å². The van der Waals surface area contributed by atoms with Gasteiger partial charge in [0, 0.05) is 32.8 Å². The standard InChI is InChI=1S/C28H42O7/c1-17(29)33-16-25(31)28(35-19(3)32-6)14-11-24-22-8-7-20-15-21(34-18(2)30)9-12-26(20,4)23(22)10-13-27(24,28)5/h7,19,21-24H,8-16H2,1-6H3/t19?,21-,22+,23-,24-,26-,27-,28-/m0/s1. The third-order valence-electron chi connectivity index (χ3n) is 10.1. The van der Waals surface area contributed by atoms with E-state index in [9.17, 15) is 14.4 Å². The van der Waals surface area contributed by atoms with Crippen molar-refractivity contribution in [3.8, 4) is 0 Å². The zero-order chi connectivity index (χ0) is 25.6. The minimum atomic E-state index is -1.02. The van der Waals surface area contributed by atoms with E-state index in [0.717, 1.165) is 44.9 Å². The number of allylic oxidation sites excluding steroid dienone is 1. The summed E-state index contributed by atoms with van der Waals surface area (Å²) < 4.78 is 22.6. The predicted octanol–water partition coefficient (Wildman–Crippen LogP) is 4.76. The predicted molar refractivity (Wildman–Crippen MR) is 129 cm³/mol. The van der Waals surface area contributed by atoms with Crippen molar-refractivity contribution in [3.63, 3.8) is 0 Å². The first-order valence-corrected chi connectivity index (χ1v) is 13.2. The fourth-order valence-electron chi connectivity index (χ4n) is 8.29. The van der Waals surface area contributed by atoms with Gasteiger partial charge in [-0.3, -0.25) is 14.4 Å². The van der Waals surface area contributed by atoms with Crippen LogP contribution in [0.3, 0.4) is 0 Å². The Kier molecular flexibility index (Phi) is 7.24. The van der Waals surface area contributed by atoms with Crippen molar-refractivity contribution < 1.29 is 33.3 Å². The molecule has 4 aliphatic rings. The van der Waals surface area contributed by atoms with E-state index in [0.29, 0.717) is 24.2 Å². The molecule has 4 aliphatic carbocycles. The van der Waals surface area contributed by atoms with Crippen molar-refractivity contribution in [1.29, 1.82) is 0 Å². The molecule has 8 atom stereocenters. The summed E-state index contributed by atoms with van der Waals surface area (Å²) in [6, 6.07) is 0. The van der Waals surface area contributed by atoms with Gasteiger partial charge in [0.2, 0.25) is 5.78 Å². The highest BCUT2D eigenvalue weighted by molar-refractivity contribution is 5.91. The molecule has 0 saturated heterocycles. The van der Waals surface area contributed by atoms with Gasteiger partial charge in [0.05, 0.1) is 0 Å². The Balaban J connectivity index is 1.62. The molecule has 1 unspecified atom stereocenters. The summed E-state index contributed by atoms with van der Waals surface area (Å²) in [7, 11) is 1.58. The van der Waals surface area contributed by atoms with Crippen LogP contribution < -0.4 is 0 Å². The van der Waals surface area contributed by atoms with Gasteiger partial charge in [-0.15, -0.1) is 0 Å². The Morgan fingerprint density at radius 1 is 1.03 bits per heavy atom. The smallest absolute Gasteiger partial charge is 0.303 e. The molecule has 7 nitrogen and oxygen atoms in total. The molecule has 0 bridgehead atoms. The molecule has 35 heavy (non-hydrogen) atoms. The zero-order valence-corrected chi connectivity index (χ0v) is 22.2. The molecule has 0 heterocycles. The van der Waals surface area contributed by atoms with Crippen LogP contribution in [-0.4, -0.2) is 49.4 Å². The lowest BCUT2D eigenvalue weighted by molar-refractivity contribution is -0.234. The van der Waals surface area contributed by atoms with Gasteiger partial charge in [-0.2, -0.15) is 0 Å². The number of hydrogen-bond acceptors (Lipinski definition) is 7. The molecule has 196 valence electrons. The van der Waals surface area contributed by atoms with Crippen LogP contribution in [0.1, 0.15) is 86.0 Å². The van der Waals surface area contributed by atoms with Crippen LogP contribution in [0.4, 0.5) is 0 Å². The number of fused-ring (bicyclic) bond motifs is 5. The molecule has 7 heteroatoms. The fraction of sp³-hybridized carbons (Fsp3) is 0.821. The van der Waals surface area contributed by atoms with Crippen LogP contribution in [-0.2, 0) is 33.3 Å². The van der Waals surface area contributed by atoms with E-state index in [2.05, 4.69) is 19.9 Å². The highest BCUT2D eigenvalue weighted by atomic mass is 16.7. The minimum absolute atomic E-state index is 0.0146. The number of ketones is 1. The number of rotatable bonds is 7. The maximum absolute atomic E-state index is 13.6. The van der Waals surface area contributed by atoms with E-state index in [1.54, 1.807) is 7.11 Å². The molecule has 0 radical (unpaired) electrons. The van der Waals surface area contributed by atoms with Crippen molar-refractivity contribution in [2.24, 2.45) is 28.6 Å². The van der Waals surface area contributed by atoms with E-state index in [4.69, 9.17) is 18.9 Å². The van der Waals surface area contributed by atoms with E-state index in [-0.39, 0.29) is 35.3 Å². The number of ether oxygens (including phenoxy) is 4. The highest BCUT2D eigenvalue weighted by Gasteiger charge is 2.67. The number of Topliss-reactive ketones (excluding diaryl/α,β-unsaturated/α-hetero) is 1. The van der Waals surface area contributed by atoms with Crippen LogP contribution in [0.25, 0.3) is 0 Å². The third kappa shape index (κ3) is 4.37. The summed E-state index contributed by atoms with van der Waals surface area (Å²) in [5.74, 6) is 0.537. The van der Waals surface area contributed by atoms with Crippen LogP contribution in [0.5, 0.6) is 0 Å². The molecule has 0 aromatic rings. The number of methoxy groups -OCH3 is 1. The van der Waals surface area contributed by atoms with Gasteiger partial charge in [0.15, 0.2) is 12.9 Å². The summed E-state index contributed by atoms with van der Waals surface area (Å²) in [4.78, 5) is 36.6. The number of hydrogen-bond donors (Lipinski definition) is 0. The van der Waals surface area contributed by atoms with Gasteiger partial charge < -0.3 is 18.9 Å². The molecular formula is C28H42O7. The van der Waals surface area contributed by atoms with Crippen molar-refractivity contribution in [2.75, 3.05) is 13.7 Å². The van der Waals surface area contributed by atoms with Gasteiger partial charge >= 0.3 is 11.9 Å². The van der Waals surface area contributed by atoms with Crippen molar-refractivity contribution in [1.82, 2.24) is 0 Å².